The molecular weight excluding hydrogens is 150 g/mol. The van der Waals surface area contributed by atoms with Crippen molar-refractivity contribution < 1.29 is 4.79 Å². The van der Waals surface area contributed by atoms with Crippen molar-refractivity contribution in [2.45, 2.75) is 32.7 Å². The van der Waals surface area contributed by atoms with Gasteiger partial charge in [0.25, 0.3) is 0 Å². The molecule has 0 aromatic heterocycles. The highest BCUT2D eigenvalue weighted by molar-refractivity contribution is 5.92. The monoisotopic (exact) mass is 167 g/mol. The number of hydrogen-bond donors (Lipinski definition) is 0. The van der Waals surface area contributed by atoms with Crippen LogP contribution in [0.4, 0.5) is 0 Å². The van der Waals surface area contributed by atoms with Crippen LogP contribution in [0.15, 0.2) is 11.6 Å². The molecule has 1 aliphatic rings. The molecule has 0 amide bonds. The summed E-state index contributed by atoms with van der Waals surface area (Å²) in [5, 5.41) is 0. The normalized spacial score (nSPS) is 26.2. The van der Waals surface area contributed by atoms with E-state index in [4.69, 9.17) is 0 Å². The highest BCUT2D eigenvalue weighted by atomic mass is 16.1. The number of carbonyl (C=O) groups excluding carboxylic acids is 1. The van der Waals surface area contributed by atoms with E-state index in [1.54, 1.807) is 6.92 Å². The molecule has 1 atom stereocenters. The molecule has 2 heteroatoms. The zero-order chi connectivity index (χ0) is 9.14. The van der Waals surface area contributed by atoms with E-state index in [2.05, 4.69) is 18.0 Å². The molecule has 0 spiro atoms. The van der Waals surface area contributed by atoms with Gasteiger partial charge in [0.2, 0.25) is 0 Å². The lowest BCUT2D eigenvalue weighted by molar-refractivity contribution is -0.113. The fraction of sp³-hybridized carbons (Fsp3) is 0.700. The Balaban J connectivity index is 2.59. The minimum Gasteiger partial charge on any atom is -0.300 e. The van der Waals surface area contributed by atoms with Crippen molar-refractivity contribution in [3.8, 4) is 0 Å². The first kappa shape index (κ1) is 9.46. The summed E-state index contributed by atoms with van der Waals surface area (Å²) in [5.41, 5.74) is 0.897. The lowest BCUT2D eigenvalue weighted by Crippen LogP contribution is -2.23. The molecule has 12 heavy (non-hydrogen) atoms. The molecule has 2 nitrogen and oxygen atoms in total. The van der Waals surface area contributed by atoms with Crippen LogP contribution in [0.3, 0.4) is 0 Å². The van der Waals surface area contributed by atoms with Crippen molar-refractivity contribution in [2.24, 2.45) is 0 Å². The lowest BCUT2D eigenvalue weighted by Gasteiger charge is -2.15. The van der Waals surface area contributed by atoms with Gasteiger partial charge in [0, 0.05) is 6.04 Å². The Morgan fingerprint density at radius 2 is 2.17 bits per heavy atom. The summed E-state index contributed by atoms with van der Waals surface area (Å²) < 4.78 is 0. The van der Waals surface area contributed by atoms with E-state index >= 15 is 0 Å². The zero-order valence-electron chi connectivity index (χ0n) is 8.13. The van der Waals surface area contributed by atoms with Crippen molar-refractivity contribution in [1.29, 1.82) is 0 Å². The van der Waals surface area contributed by atoms with E-state index in [0.717, 1.165) is 12.1 Å². The second kappa shape index (κ2) is 3.85. The molecule has 1 rings (SSSR count). The minimum atomic E-state index is 0.190. The van der Waals surface area contributed by atoms with Crippen LogP contribution >= 0.6 is 0 Å². The lowest BCUT2D eigenvalue weighted by atomic mass is 10.1. The summed E-state index contributed by atoms with van der Waals surface area (Å²) in [6, 6.07) is 0.494. The predicted octanol–water partition coefficient (Wildman–Crippen LogP) is 1.62. The van der Waals surface area contributed by atoms with Crippen LogP contribution in [0.2, 0.25) is 0 Å². The van der Waals surface area contributed by atoms with Crippen molar-refractivity contribution in [3.63, 3.8) is 0 Å². The van der Waals surface area contributed by atoms with Gasteiger partial charge < -0.3 is 0 Å². The first-order valence-corrected chi connectivity index (χ1v) is 4.51. The van der Waals surface area contributed by atoms with Crippen molar-refractivity contribution >= 4 is 5.78 Å². The maximum Gasteiger partial charge on any atom is 0.155 e. The number of Topliss-reactive ketones (excluding diaryl/α,β-unsaturated/α-hetero) is 1. The van der Waals surface area contributed by atoms with Gasteiger partial charge in [0.05, 0.1) is 0 Å². The molecule has 1 aliphatic heterocycles. The highest BCUT2D eigenvalue weighted by Crippen LogP contribution is 2.17. The summed E-state index contributed by atoms with van der Waals surface area (Å²) in [7, 11) is 2.11. The maximum atomic E-state index is 11.0. The van der Waals surface area contributed by atoms with Crippen LogP contribution in [0.1, 0.15) is 26.7 Å². The number of likely N-dealkylation sites (N-methyl/N-ethyl adjacent to an activating group) is 1. The topological polar surface area (TPSA) is 20.3 Å². The molecule has 0 bridgehead atoms. The Hall–Kier alpha value is -0.630. The summed E-state index contributed by atoms with van der Waals surface area (Å²) >= 11 is 0. The van der Waals surface area contributed by atoms with Crippen LogP contribution in [0.25, 0.3) is 0 Å². The Labute approximate surface area is 74.2 Å². The van der Waals surface area contributed by atoms with Gasteiger partial charge in [-0.15, -0.1) is 0 Å². The molecule has 1 heterocycles. The van der Waals surface area contributed by atoms with Crippen LogP contribution in [0.5, 0.6) is 0 Å². The van der Waals surface area contributed by atoms with Crippen LogP contribution < -0.4 is 0 Å². The number of carbonyl (C=O) groups is 1. The van der Waals surface area contributed by atoms with E-state index in [-0.39, 0.29) is 5.78 Å². The number of allylic oxidation sites excluding steroid dienone is 1. The van der Waals surface area contributed by atoms with Crippen LogP contribution in [-0.4, -0.2) is 30.3 Å². The van der Waals surface area contributed by atoms with Gasteiger partial charge in [-0.25, -0.2) is 0 Å². The van der Waals surface area contributed by atoms with Gasteiger partial charge in [-0.1, -0.05) is 6.08 Å². The first-order chi connectivity index (χ1) is 5.61. The minimum absolute atomic E-state index is 0.190. The molecule has 68 valence electrons. The molecular formula is C10H17NO. The average Bonchev–Trinajstić information content (AvgIpc) is 2.36. The third kappa shape index (κ3) is 2.18. The zero-order valence-corrected chi connectivity index (χ0v) is 8.13. The molecule has 0 unspecified atom stereocenters. The molecule has 0 aromatic carbocycles. The van der Waals surface area contributed by atoms with Gasteiger partial charge in [-0.3, -0.25) is 9.69 Å². The third-order valence-electron chi connectivity index (χ3n) is 2.57. The predicted molar refractivity (Wildman–Crippen MR) is 50.1 cm³/mol. The van der Waals surface area contributed by atoms with Gasteiger partial charge in [0.1, 0.15) is 0 Å². The molecule has 0 N–H and O–H groups in total. The smallest absolute Gasteiger partial charge is 0.155 e. The summed E-state index contributed by atoms with van der Waals surface area (Å²) in [5.74, 6) is 0.190. The highest BCUT2D eigenvalue weighted by Gasteiger charge is 2.18. The quantitative estimate of drug-likeness (QED) is 0.582. The van der Waals surface area contributed by atoms with Gasteiger partial charge >= 0.3 is 0 Å². The fourth-order valence-electron chi connectivity index (χ4n) is 1.55. The van der Waals surface area contributed by atoms with E-state index in [9.17, 15) is 4.79 Å². The summed E-state index contributed by atoms with van der Waals surface area (Å²) in [6.07, 6.45) is 4.54. The van der Waals surface area contributed by atoms with E-state index in [0.29, 0.717) is 6.04 Å². The Morgan fingerprint density at radius 1 is 1.50 bits per heavy atom. The Kier molecular flexibility index (Phi) is 3.04. The van der Waals surface area contributed by atoms with Crippen molar-refractivity contribution in [1.82, 2.24) is 4.90 Å². The van der Waals surface area contributed by atoms with Crippen LogP contribution in [0, 0.1) is 0 Å². The molecule has 1 saturated heterocycles. The van der Waals surface area contributed by atoms with Gasteiger partial charge in [-0.05, 0) is 45.9 Å². The number of rotatable bonds is 2. The van der Waals surface area contributed by atoms with E-state index in [1.165, 1.54) is 12.8 Å². The number of ketones is 1. The summed E-state index contributed by atoms with van der Waals surface area (Å²) in [6.45, 7) is 4.68. The molecule has 0 saturated carbocycles. The number of nitrogens with zero attached hydrogens (tertiary/aromatic N) is 1. The van der Waals surface area contributed by atoms with Crippen molar-refractivity contribution in [3.05, 3.63) is 11.6 Å². The average molecular weight is 167 g/mol. The van der Waals surface area contributed by atoms with E-state index in [1.807, 2.05) is 6.92 Å². The Bertz CT molecular complexity index is 208. The van der Waals surface area contributed by atoms with E-state index < -0.39 is 0 Å². The van der Waals surface area contributed by atoms with Crippen LogP contribution in [-0.2, 0) is 4.79 Å². The molecule has 0 radical (unpaired) electrons. The fourth-order valence-corrected chi connectivity index (χ4v) is 1.55. The van der Waals surface area contributed by atoms with Gasteiger partial charge in [0.15, 0.2) is 5.78 Å². The molecule has 0 aliphatic carbocycles. The SMILES string of the molecule is CC(=O)/C(C)=C\[C@H]1CCCN1C. The largest absolute Gasteiger partial charge is 0.300 e. The second-order valence-electron chi connectivity index (χ2n) is 3.60. The first-order valence-electron chi connectivity index (χ1n) is 4.51. The van der Waals surface area contributed by atoms with Crippen molar-refractivity contribution in [2.75, 3.05) is 13.6 Å². The standard InChI is InChI=1S/C10H17NO/c1-8(9(2)12)7-10-5-4-6-11(10)3/h7,10H,4-6H2,1-3H3/b8-7-/t10-/m1/s1. The summed E-state index contributed by atoms with van der Waals surface area (Å²) in [4.78, 5) is 13.2. The molecule has 1 fully saturated rings. The maximum absolute atomic E-state index is 11.0. The molecule has 0 aromatic rings. The second-order valence-corrected chi connectivity index (χ2v) is 3.60. The number of likely N-dealkylation sites (tertiary alicyclic amines) is 1. The Morgan fingerprint density at radius 3 is 2.58 bits per heavy atom. The third-order valence-corrected chi connectivity index (χ3v) is 2.57. The number of hydrogen-bond acceptors (Lipinski definition) is 2. The van der Waals surface area contributed by atoms with Gasteiger partial charge in [-0.2, -0.15) is 0 Å².